The van der Waals surface area contributed by atoms with Crippen LogP contribution in [0, 0.1) is 6.92 Å². The Labute approximate surface area is 119 Å². The fourth-order valence-electron chi connectivity index (χ4n) is 2.81. The van der Waals surface area contributed by atoms with Gasteiger partial charge in [-0.15, -0.1) is 0 Å². The SMILES string of the molecule is Cc1ccc(S(=O)(=O)O)c(C2CCN(CCF)CC2)c1. The molecule has 0 bridgehead atoms. The van der Waals surface area contributed by atoms with Gasteiger partial charge in [-0.3, -0.25) is 4.55 Å². The lowest BCUT2D eigenvalue weighted by molar-refractivity contribution is 0.196. The molecule has 0 saturated carbocycles. The van der Waals surface area contributed by atoms with Crippen LogP contribution in [0.25, 0.3) is 0 Å². The fraction of sp³-hybridized carbons (Fsp3) is 0.571. The van der Waals surface area contributed by atoms with Crippen molar-refractivity contribution in [1.29, 1.82) is 0 Å². The number of aryl methyl sites for hydroxylation is 1. The van der Waals surface area contributed by atoms with E-state index < -0.39 is 10.1 Å². The molecule has 0 aliphatic carbocycles. The van der Waals surface area contributed by atoms with Gasteiger partial charge in [0.1, 0.15) is 6.67 Å². The maximum atomic E-state index is 12.3. The molecular weight excluding hydrogens is 281 g/mol. The van der Waals surface area contributed by atoms with Crippen LogP contribution in [0.4, 0.5) is 4.39 Å². The third-order valence-electron chi connectivity index (χ3n) is 3.87. The molecule has 0 radical (unpaired) electrons. The summed E-state index contributed by atoms with van der Waals surface area (Å²) in [7, 11) is -4.20. The van der Waals surface area contributed by atoms with Crippen molar-refractivity contribution in [2.24, 2.45) is 0 Å². The highest BCUT2D eigenvalue weighted by atomic mass is 32.2. The number of hydrogen-bond acceptors (Lipinski definition) is 3. The number of likely N-dealkylation sites (tertiary alicyclic amines) is 1. The lowest BCUT2D eigenvalue weighted by Gasteiger charge is -2.32. The molecule has 1 aliphatic rings. The number of benzene rings is 1. The van der Waals surface area contributed by atoms with Crippen LogP contribution >= 0.6 is 0 Å². The van der Waals surface area contributed by atoms with E-state index in [0.717, 1.165) is 31.5 Å². The molecule has 0 amide bonds. The van der Waals surface area contributed by atoms with Gasteiger partial charge in [0.05, 0.1) is 4.90 Å². The monoisotopic (exact) mass is 301 g/mol. The van der Waals surface area contributed by atoms with Gasteiger partial charge in [0.2, 0.25) is 0 Å². The van der Waals surface area contributed by atoms with E-state index >= 15 is 0 Å². The second-order valence-electron chi connectivity index (χ2n) is 5.32. The van der Waals surface area contributed by atoms with E-state index in [1.807, 2.05) is 17.9 Å². The highest BCUT2D eigenvalue weighted by Crippen LogP contribution is 2.33. The molecule has 1 N–H and O–H groups in total. The largest absolute Gasteiger partial charge is 0.301 e. The summed E-state index contributed by atoms with van der Waals surface area (Å²) in [5.41, 5.74) is 1.66. The van der Waals surface area contributed by atoms with Crippen LogP contribution in [-0.4, -0.2) is 44.2 Å². The van der Waals surface area contributed by atoms with E-state index in [2.05, 4.69) is 0 Å². The third-order valence-corrected chi connectivity index (χ3v) is 4.80. The van der Waals surface area contributed by atoms with E-state index in [9.17, 15) is 17.4 Å². The van der Waals surface area contributed by atoms with Crippen LogP contribution in [-0.2, 0) is 10.1 Å². The molecule has 1 saturated heterocycles. The van der Waals surface area contributed by atoms with Crippen LogP contribution < -0.4 is 0 Å². The molecular formula is C14H20FNO3S. The van der Waals surface area contributed by atoms with Crippen molar-refractivity contribution in [3.63, 3.8) is 0 Å². The summed E-state index contributed by atoms with van der Waals surface area (Å²) in [5.74, 6) is 0.0997. The standard InChI is InChI=1S/C14H20FNO3S/c1-11-2-3-14(20(17,18)19)13(10-11)12-4-7-16(8-5-12)9-6-15/h2-3,10,12H,4-9H2,1H3,(H,17,18,19). The Hall–Kier alpha value is -0.980. The summed E-state index contributed by atoms with van der Waals surface area (Å²) in [6.07, 6.45) is 1.57. The highest BCUT2D eigenvalue weighted by Gasteiger charge is 2.26. The van der Waals surface area contributed by atoms with E-state index in [0.29, 0.717) is 12.1 Å². The van der Waals surface area contributed by atoms with Crippen molar-refractivity contribution in [1.82, 2.24) is 4.90 Å². The summed E-state index contributed by atoms with van der Waals surface area (Å²) in [6, 6.07) is 4.98. The average molecular weight is 301 g/mol. The molecule has 0 aromatic heterocycles. The Kier molecular flexibility index (Phi) is 4.78. The van der Waals surface area contributed by atoms with E-state index in [1.165, 1.54) is 6.07 Å². The number of halogens is 1. The van der Waals surface area contributed by atoms with Gasteiger partial charge in [0.25, 0.3) is 10.1 Å². The molecule has 6 heteroatoms. The second kappa shape index (κ2) is 6.20. The predicted octanol–water partition coefficient (Wildman–Crippen LogP) is 2.39. The van der Waals surface area contributed by atoms with Gasteiger partial charge < -0.3 is 4.90 Å². The van der Waals surface area contributed by atoms with Gasteiger partial charge in [0.15, 0.2) is 0 Å². The molecule has 112 valence electrons. The van der Waals surface area contributed by atoms with Crippen molar-refractivity contribution < 1.29 is 17.4 Å². The van der Waals surface area contributed by atoms with Gasteiger partial charge in [-0.25, -0.2) is 4.39 Å². The first-order valence-electron chi connectivity index (χ1n) is 6.78. The molecule has 1 aliphatic heterocycles. The van der Waals surface area contributed by atoms with Crippen LogP contribution in [0.1, 0.15) is 29.9 Å². The second-order valence-corrected chi connectivity index (χ2v) is 6.71. The Bertz CT molecular complexity index is 566. The van der Waals surface area contributed by atoms with Gasteiger partial charge >= 0.3 is 0 Å². The fourth-order valence-corrected chi connectivity index (χ4v) is 3.57. The molecule has 2 rings (SSSR count). The van der Waals surface area contributed by atoms with Gasteiger partial charge in [-0.05, 0) is 50.4 Å². The first-order chi connectivity index (χ1) is 9.41. The minimum atomic E-state index is -4.20. The Morgan fingerprint density at radius 1 is 1.35 bits per heavy atom. The minimum absolute atomic E-state index is 0.00652. The molecule has 20 heavy (non-hydrogen) atoms. The average Bonchev–Trinajstić information content (AvgIpc) is 2.38. The molecule has 1 aromatic rings. The molecule has 1 fully saturated rings. The van der Waals surface area contributed by atoms with Crippen LogP contribution in [0.15, 0.2) is 23.1 Å². The number of piperidine rings is 1. The van der Waals surface area contributed by atoms with E-state index in [1.54, 1.807) is 6.07 Å². The summed E-state index contributed by atoms with van der Waals surface area (Å²) in [6.45, 7) is 3.49. The molecule has 4 nitrogen and oxygen atoms in total. The number of alkyl halides is 1. The lowest BCUT2D eigenvalue weighted by atomic mass is 9.88. The third kappa shape index (κ3) is 3.56. The minimum Gasteiger partial charge on any atom is -0.301 e. The topological polar surface area (TPSA) is 57.6 Å². The summed E-state index contributed by atoms with van der Waals surface area (Å²) < 4.78 is 44.6. The quantitative estimate of drug-likeness (QED) is 0.868. The predicted molar refractivity (Wildman–Crippen MR) is 75.4 cm³/mol. The normalized spacial score (nSPS) is 18.4. The summed E-state index contributed by atoms with van der Waals surface area (Å²) >= 11 is 0. The van der Waals surface area contributed by atoms with Crippen molar-refractivity contribution in [2.45, 2.75) is 30.6 Å². The van der Waals surface area contributed by atoms with Crippen molar-refractivity contribution in [2.75, 3.05) is 26.3 Å². The van der Waals surface area contributed by atoms with Gasteiger partial charge in [-0.2, -0.15) is 8.42 Å². The van der Waals surface area contributed by atoms with Crippen molar-refractivity contribution in [3.8, 4) is 0 Å². The first kappa shape index (κ1) is 15.4. The van der Waals surface area contributed by atoms with Crippen LogP contribution in [0.3, 0.4) is 0 Å². The van der Waals surface area contributed by atoms with Crippen molar-refractivity contribution >= 4 is 10.1 Å². The van der Waals surface area contributed by atoms with E-state index in [4.69, 9.17) is 0 Å². The Balaban J connectivity index is 2.23. The van der Waals surface area contributed by atoms with Crippen LogP contribution in [0.2, 0.25) is 0 Å². The van der Waals surface area contributed by atoms with Gasteiger partial charge in [-0.1, -0.05) is 17.7 Å². The zero-order valence-corrected chi connectivity index (χ0v) is 12.4. The van der Waals surface area contributed by atoms with Crippen LogP contribution in [0.5, 0.6) is 0 Å². The van der Waals surface area contributed by atoms with E-state index in [-0.39, 0.29) is 17.5 Å². The zero-order valence-electron chi connectivity index (χ0n) is 11.5. The number of hydrogen-bond donors (Lipinski definition) is 1. The Morgan fingerprint density at radius 2 is 2.00 bits per heavy atom. The maximum Gasteiger partial charge on any atom is 0.294 e. The molecule has 0 atom stereocenters. The molecule has 0 unspecified atom stereocenters. The smallest absolute Gasteiger partial charge is 0.294 e. The molecule has 1 aromatic carbocycles. The number of rotatable bonds is 4. The van der Waals surface area contributed by atoms with Gasteiger partial charge in [0, 0.05) is 6.54 Å². The summed E-state index contributed by atoms with van der Waals surface area (Å²) in [4.78, 5) is 2.05. The van der Waals surface area contributed by atoms with Crippen molar-refractivity contribution in [3.05, 3.63) is 29.3 Å². The maximum absolute atomic E-state index is 12.3. The summed E-state index contributed by atoms with van der Waals surface area (Å²) in [5, 5.41) is 0. The Morgan fingerprint density at radius 3 is 2.55 bits per heavy atom. The molecule has 0 spiro atoms. The lowest BCUT2D eigenvalue weighted by Crippen LogP contribution is -2.34. The molecule has 1 heterocycles. The number of nitrogens with zero attached hydrogens (tertiary/aromatic N) is 1. The highest BCUT2D eigenvalue weighted by molar-refractivity contribution is 7.85. The first-order valence-corrected chi connectivity index (χ1v) is 8.22. The zero-order chi connectivity index (χ0) is 14.8.